The molecule has 0 bridgehead atoms. The smallest absolute Gasteiger partial charge is 0.320 e. The number of phenolic OH excluding ortho intramolecular Hbond substituents is 1. The van der Waals surface area contributed by atoms with Crippen molar-refractivity contribution in [2.75, 3.05) is 26.2 Å². The van der Waals surface area contributed by atoms with Gasteiger partial charge in [0, 0.05) is 31.7 Å². The molecule has 8 heteroatoms. The van der Waals surface area contributed by atoms with Crippen molar-refractivity contribution in [1.29, 1.82) is 0 Å². The molecule has 0 aromatic heterocycles. The molecule has 7 nitrogen and oxygen atoms in total. The van der Waals surface area contributed by atoms with E-state index in [1.54, 1.807) is 25.7 Å². The van der Waals surface area contributed by atoms with Crippen molar-refractivity contribution in [2.24, 2.45) is 0 Å². The number of halogens is 1. The van der Waals surface area contributed by atoms with Crippen molar-refractivity contribution in [2.45, 2.75) is 65.8 Å². The largest absolute Gasteiger partial charge is 0.508 e. The second-order valence-corrected chi connectivity index (χ2v) is 10.9. The molecule has 0 saturated heterocycles. The van der Waals surface area contributed by atoms with Gasteiger partial charge in [-0.15, -0.1) is 0 Å². The highest BCUT2D eigenvalue weighted by Crippen LogP contribution is 2.20. The van der Waals surface area contributed by atoms with Gasteiger partial charge in [-0.05, 0) is 65.3 Å². The monoisotopic (exact) mass is 502 g/mol. The lowest BCUT2D eigenvalue weighted by atomic mass is 10.1. The Kier molecular flexibility index (Phi) is 10.4. The van der Waals surface area contributed by atoms with E-state index in [-0.39, 0.29) is 31.4 Å². The van der Waals surface area contributed by atoms with Crippen molar-refractivity contribution >= 4 is 11.9 Å². The Balaban J connectivity index is 2.19. The number of hydrogen-bond acceptors (Lipinski definition) is 7. The minimum atomic E-state index is -0.653. The summed E-state index contributed by atoms with van der Waals surface area (Å²) in [5.41, 5.74) is 0.135. The average molecular weight is 503 g/mol. The van der Waals surface area contributed by atoms with Gasteiger partial charge in [-0.3, -0.25) is 19.4 Å². The van der Waals surface area contributed by atoms with Crippen LogP contribution in [0.15, 0.2) is 48.5 Å². The molecule has 1 N–H and O–H groups in total. The highest BCUT2D eigenvalue weighted by molar-refractivity contribution is 5.72. The van der Waals surface area contributed by atoms with Gasteiger partial charge in [-0.2, -0.15) is 0 Å². The molecule has 0 atom stereocenters. The lowest BCUT2D eigenvalue weighted by molar-refractivity contribution is -0.158. The van der Waals surface area contributed by atoms with Gasteiger partial charge in [0.15, 0.2) is 0 Å². The van der Waals surface area contributed by atoms with Crippen LogP contribution < -0.4 is 0 Å². The summed E-state index contributed by atoms with van der Waals surface area (Å²) in [5, 5.41) is 10.2. The van der Waals surface area contributed by atoms with Crippen molar-refractivity contribution in [1.82, 2.24) is 9.80 Å². The molecule has 0 amide bonds. The number of benzene rings is 2. The first-order chi connectivity index (χ1) is 16.7. The van der Waals surface area contributed by atoms with E-state index in [1.807, 2.05) is 56.0 Å². The molecule has 0 aliphatic heterocycles. The number of carbonyl (C=O) groups excluding carboxylic acids is 2. The lowest BCUT2D eigenvalue weighted by Crippen LogP contribution is -2.41. The Morgan fingerprint density at radius 3 is 1.81 bits per heavy atom. The van der Waals surface area contributed by atoms with Crippen LogP contribution in [0.3, 0.4) is 0 Å². The maximum atomic E-state index is 13.8. The summed E-state index contributed by atoms with van der Waals surface area (Å²) in [4.78, 5) is 28.9. The molecule has 36 heavy (non-hydrogen) atoms. The molecule has 0 fully saturated rings. The van der Waals surface area contributed by atoms with Gasteiger partial charge in [0.25, 0.3) is 0 Å². The average Bonchev–Trinajstić information content (AvgIpc) is 2.72. The van der Waals surface area contributed by atoms with E-state index >= 15 is 0 Å². The van der Waals surface area contributed by atoms with Gasteiger partial charge in [-0.1, -0.05) is 30.3 Å². The Morgan fingerprint density at radius 2 is 1.31 bits per heavy atom. The molecule has 0 radical (unpaired) electrons. The first-order valence-electron chi connectivity index (χ1n) is 12.1. The van der Waals surface area contributed by atoms with E-state index in [1.165, 1.54) is 18.2 Å². The molecular formula is C28H39FN2O5. The second-order valence-electron chi connectivity index (χ2n) is 10.9. The van der Waals surface area contributed by atoms with Crippen molar-refractivity contribution in [3.63, 3.8) is 0 Å². The predicted octanol–water partition coefficient (Wildman–Crippen LogP) is 4.52. The normalized spacial score (nSPS) is 12.1. The number of aromatic hydroxyl groups is 1. The standard InChI is InChI=1S/C28H39FN2O5/c1-27(2,3)35-25(33)19-30(17-21-10-8-7-9-11-21)14-15-31(20-26(34)36-28(4,5)6)18-22-16-23(29)12-13-24(22)32/h7-13,16,32H,14-15,17-20H2,1-6H3. The first kappa shape index (κ1) is 29.3. The van der Waals surface area contributed by atoms with Gasteiger partial charge < -0.3 is 14.6 Å². The van der Waals surface area contributed by atoms with E-state index < -0.39 is 23.0 Å². The quantitative estimate of drug-likeness (QED) is 0.453. The zero-order chi connectivity index (χ0) is 26.9. The second kappa shape index (κ2) is 12.8. The third-order valence-electron chi connectivity index (χ3n) is 4.96. The predicted molar refractivity (Wildman–Crippen MR) is 137 cm³/mol. The molecule has 0 unspecified atom stereocenters. The molecule has 2 aromatic rings. The minimum Gasteiger partial charge on any atom is -0.508 e. The number of phenols is 1. The van der Waals surface area contributed by atoms with Gasteiger partial charge in [0.2, 0.25) is 0 Å². The number of hydrogen-bond donors (Lipinski definition) is 1. The summed E-state index contributed by atoms with van der Waals surface area (Å²) in [6.45, 7) is 12.3. The summed E-state index contributed by atoms with van der Waals surface area (Å²) in [5.74, 6) is -1.31. The Labute approximate surface area is 213 Å². The van der Waals surface area contributed by atoms with Crippen LogP contribution in [0, 0.1) is 5.82 Å². The third-order valence-corrected chi connectivity index (χ3v) is 4.96. The molecular weight excluding hydrogens is 463 g/mol. The molecule has 2 rings (SSSR count). The van der Waals surface area contributed by atoms with Gasteiger partial charge in [0.05, 0.1) is 13.1 Å². The minimum absolute atomic E-state index is 0.0551. The Bertz CT molecular complexity index is 999. The summed E-state index contributed by atoms with van der Waals surface area (Å²) >= 11 is 0. The maximum absolute atomic E-state index is 13.8. The topological polar surface area (TPSA) is 79.3 Å². The molecule has 0 aliphatic rings. The van der Waals surface area contributed by atoms with Gasteiger partial charge in [0.1, 0.15) is 22.8 Å². The fourth-order valence-electron chi connectivity index (χ4n) is 3.59. The number of rotatable bonds is 11. The van der Waals surface area contributed by atoms with Crippen LogP contribution in [-0.4, -0.2) is 64.2 Å². The maximum Gasteiger partial charge on any atom is 0.320 e. The van der Waals surface area contributed by atoms with Crippen LogP contribution in [0.2, 0.25) is 0 Å². The number of nitrogens with zero attached hydrogens (tertiary/aromatic N) is 2. The van der Waals surface area contributed by atoms with E-state index in [9.17, 15) is 19.1 Å². The summed E-state index contributed by atoms with van der Waals surface area (Å²) < 4.78 is 24.8. The fourth-order valence-corrected chi connectivity index (χ4v) is 3.59. The van der Waals surface area contributed by atoms with Gasteiger partial charge in [-0.25, -0.2) is 4.39 Å². The van der Waals surface area contributed by atoms with Crippen molar-refractivity contribution in [3.05, 3.63) is 65.5 Å². The molecule has 0 spiro atoms. The summed E-state index contributed by atoms with van der Waals surface area (Å²) in [6.07, 6.45) is 0. The summed E-state index contributed by atoms with van der Waals surface area (Å²) in [7, 11) is 0. The molecule has 0 saturated carbocycles. The van der Waals surface area contributed by atoms with Crippen LogP contribution >= 0.6 is 0 Å². The zero-order valence-electron chi connectivity index (χ0n) is 22.2. The Hall–Kier alpha value is -2.97. The molecule has 198 valence electrons. The van der Waals surface area contributed by atoms with E-state index in [2.05, 4.69) is 0 Å². The van der Waals surface area contributed by atoms with Crippen LogP contribution in [-0.2, 0) is 32.2 Å². The van der Waals surface area contributed by atoms with E-state index in [0.717, 1.165) is 5.56 Å². The van der Waals surface area contributed by atoms with Gasteiger partial charge >= 0.3 is 11.9 Å². The number of ether oxygens (including phenoxy) is 2. The SMILES string of the molecule is CC(C)(C)OC(=O)CN(CCN(CC(=O)OC(C)(C)C)Cc1cc(F)ccc1O)Cc1ccccc1. The van der Waals surface area contributed by atoms with Crippen LogP contribution in [0.5, 0.6) is 5.75 Å². The molecule has 2 aromatic carbocycles. The number of carbonyl (C=O) groups is 2. The highest BCUT2D eigenvalue weighted by Gasteiger charge is 2.23. The lowest BCUT2D eigenvalue weighted by Gasteiger charge is -2.29. The first-order valence-corrected chi connectivity index (χ1v) is 12.1. The van der Waals surface area contributed by atoms with Crippen LogP contribution in [0.25, 0.3) is 0 Å². The summed E-state index contributed by atoms with van der Waals surface area (Å²) in [6, 6.07) is 13.5. The Morgan fingerprint density at radius 1 is 0.806 bits per heavy atom. The van der Waals surface area contributed by atoms with Crippen molar-refractivity contribution < 1.29 is 28.6 Å². The fraction of sp³-hybridized carbons (Fsp3) is 0.500. The molecule has 0 aliphatic carbocycles. The van der Waals surface area contributed by atoms with E-state index in [4.69, 9.17) is 9.47 Å². The zero-order valence-corrected chi connectivity index (χ0v) is 22.2. The van der Waals surface area contributed by atoms with Crippen LogP contribution in [0.1, 0.15) is 52.7 Å². The van der Waals surface area contributed by atoms with Crippen molar-refractivity contribution in [3.8, 4) is 5.75 Å². The number of esters is 2. The third kappa shape index (κ3) is 11.6. The van der Waals surface area contributed by atoms with E-state index in [0.29, 0.717) is 25.2 Å². The highest BCUT2D eigenvalue weighted by atomic mass is 19.1. The molecule has 0 heterocycles. The van der Waals surface area contributed by atoms with Crippen LogP contribution in [0.4, 0.5) is 4.39 Å².